The predicted octanol–water partition coefficient (Wildman–Crippen LogP) is 4.26. The third-order valence-electron chi connectivity index (χ3n) is 3.44. The van der Waals surface area contributed by atoms with Crippen LogP contribution < -0.4 is 0 Å². The monoisotopic (exact) mass is 353 g/mol. The molecule has 8 heteroatoms. The van der Waals surface area contributed by atoms with E-state index in [9.17, 15) is 18.4 Å². The van der Waals surface area contributed by atoms with Crippen LogP contribution in [0.1, 0.15) is 11.1 Å². The van der Waals surface area contributed by atoms with Crippen molar-refractivity contribution in [3.63, 3.8) is 0 Å². The summed E-state index contributed by atoms with van der Waals surface area (Å²) in [6.07, 6.45) is -0.797. The van der Waals surface area contributed by atoms with Gasteiger partial charge >= 0.3 is 6.18 Å². The molecule has 3 rings (SSSR count). The lowest BCUT2D eigenvalue weighted by molar-refractivity contribution is -0.416. The number of hydroxylamine groups is 1. The van der Waals surface area contributed by atoms with Crippen molar-refractivity contribution in [2.75, 3.05) is 7.05 Å². The number of halogens is 4. The summed E-state index contributed by atoms with van der Waals surface area (Å²) in [5, 5.41) is 11.9. The number of fused-ring (bicyclic) bond motifs is 1. The second-order valence-electron chi connectivity index (χ2n) is 5.17. The molecule has 3 aromatic rings. The lowest BCUT2D eigenvalue weighted by Crippen LogP contribution is -2.07. The third-order valence-corrected chi connectivity index (χ3v) is 3.72. The Labute approximate surface area is 140 Å². The number of hydrogen-bond acceptors (Lipinski definition) is 2. The Morgan fingerprint density at radius 1 is 1.29 bits per heavy atom. The van der Waals surface area contributed by atoms with Crippen molar-refractivity contribution >= 4 is 28.7 Å². The van der Waals surface area contributed by atoms with Crippen LogP contribution in [0.3, 0.4) is 0 Å². The van der Waals surface area contributed by atoms with E-state index in [1.165, 1.54) is 13.3 Å². The highest BCUT2D eigenvalue weighted by molar-refractivity contribution is 6.32. The van der Waals surface area contributed by atoms with E-state index in [4.69, 9.17) is 11.6 Å². The van der Waals surface area contributed by atoms with E-state index < -0.39 is 11.7 Å². The van der Waals surface area contributed by atoms with Gasteiger partial charge in [0, 0.05) is 17.8 Å². The van der Waals surface area contributed by atoms with Crippen molar-refractivity contribution in [1.29, 1.82) is 0 Å². The topological polar surface area (TPSA) is 43.9 Å². The summed E-state index contributed by atoms with van der Waals surface area (Å²) in [7, 11) is 1.34. The first-order valence-electron chi connectivity index (χ1n) is 6.85. The quantitative estimate of drug-likeness (QED) is 0.299. The van der Waals surface area contributed by atoms with E-state index in [1.54, 1.807) is 35.0 Å². The number of nitrogens with zero attached hydrogens (tertiary/aromatic N) is 3. The highest BCUT2D eigenvalue weighted by atomic mass is 35.5. The van der Waals surface area contributed by atoms with Crippen LogP contribution in [0, 0.1) is 5.21 Å². The van der Waals surface area contributed by atoms with Crippen molar-refractivity contribution in [3.8, 4) is 5.82 Å². The molecular formula is C16H11ClF3N3O. The van der Waals surface area contributed by atoms with Crippen molar-refractivity contribution in [2.24, 2.45) is 0 Å². The fourth-order valence-electron chi connectivity index (χ4n) is 2.44. The molecule has 1 aromatic carbocycles. The third kappa shape index (κ3) is 2.94. The first kappa shape index (κ1) is 16.3. The van der Waals surface area contributed by atoms with Gasteiger partial charge < -0.3 is 5.21 Å². The fraction of sp³-hybridized carbons (Fsp3) is 0.125. The van der Waals surface area contributed by atoms with E-state index in [1.807, 2.05) is 0 Å². The number of para-hydroxylation sites is 1. The summed E-state index contributed by atoms with van der Waals surface area (Å²) in [5.74, 6) is 0.161. The molecule has 0 spiro atoms. The summed E-state index contributed by atoms with van der Waals surface area (Å²) in [4.78, 5) is 3.86. The van der Waals surface area contributed by atoms with Gasteiger partial charge in [0.05, 0.1) is 21.7 Å². The lowest BCUT2D eigenvalue weighted by Gasteiger charge is -2.10. The van der Waals surface area contributed by atoms with Gasteiger partial charge in [0.25, 0.3) is 0 Å². The second kappa shape index (κ2) is 5.83. The van der Waals surface area contributed by atoms with Crippen molar-refractivity contribution in [1.82, 2.24) is 9.55 Å². The normalized spacial score (nSPS) is 12.8. The zero-order valence-corrected chi connectivity index (χ0v) is 13.1. The molecule has 0 N–H and O–H groups in total. The Bertz CT molecular complexity index is 943. The molecule has 0 aliphatic rings. The zero-order chi connectivity index (χ0) is 17.5. The van der Waals surface area contributed by atoms with Gasteiger partial charge in [-0.3, -0.25) is 4.57 Å². The van der Waals surface area contributed by atoms with Gasteiger partial charge in [-0.1, -0.05) is 29.8 Å². The highest BCUT2D eigenvalue weighted by Gasteiger charge is 2.31. The molecule has 0 atom stereocenters. The average molecular weight is 354 g/mol. The van der Waals surface area contributed by atoms with E-state index >= 15 is 0 Å². The highest BCUT2D eigenvalue weighted by Crippen LogP contribution is 2.33. The standard InChI is InChI=1S/C16H11ClF3N3O/c1-22(24)8-10-9-23(14-5-3-2-4-12(10)14)15-13(17)6-11(7-21-15)16(18,19)20/h2-9H,1H3/b22-8+. The molecule has 0 unspecified atom stereocenters. The molecule has 124 valence electrons. The second-order valence-corrected chi connectivity index (χ2v) is 5.58. The predicted molar refractivity (Wildman–Crippen MR) is 85.8 cm³/mol. The SMILES string of the molecule is C/[N+]([O-])=C\c1cn(-c2ncc(C(F)(F)F)cc2Cl)c2ccccc12. The molecule has 0 saturated heterocycles. The van der Waals surface area contributed by atoms with E-state index in [0.717, 1.165) is 17.6 Å². The molecule has 0 fully saturated rings. The van der Waals surface area contributed by atoms with Crippen LogP contribution >= 0.6 is 11.6 Å². The summed E-state index contributed by atoms with van der Waals surface area (Å²) in [6, 6.07) is 7.99. The summed E-state index contributed by atoms with van der Waals surface area (Å²) in [6.45, 7) is 0. The minimum absolute atomic E-state index is 0.132. The maximum Gasteiger partial charge on any atom is 0.417 e. The van der Waals surface area contributed by atoms with E-state index in [-0.39, 0.29) is 10.8 Å². The Morgan fingerprint density at radius 2 is 2.00 bits per heavy atom. The molecule has 24 heavy (non-hydrogen) atoms. The largest absolute Gasteiger partial charge is 0.624 e. The van der Waals surface area contributed by atoms with Crippen molar-refractivity contribution in [3.05, 3.63) is 64.1 Å². The van der Waals surface area contributed by atoms with E-state index in [0.29, 0.717) is 15.8 Å². The van der Waals surface area contributed by atoms with Gasteiger partial charge in [0.1, 0.15) is 7.05 Å². The summed E-state index contributed by atoms with van der Waals surface area (Å²) in [5.41, 5.74) is 0.374. The maximum atomic E-state index is 12.8. The Morgan fingerprint density at radius 3 is 2.62 bits per heavy atom. The Balaban J connectivity index is 2.22. The number of benzene rings is 1. The van der Waals surface area contributed by atoms with Crippen molar-refractivity contribution < 1.29 is 17.9 Å². The number of rotatable bonds is 2. The molecular weight excluding hydrogens is 343 g/mol. The van der Waals surface area contributed by atoms with Gasteiger partial charge in [-0.05, 0) is 12.1 Å². The van der Waals surface area contributed by atoms with Crippen LogP contribution in [0.5, 0.6) is 0 Å². The van der Waals surface area contributed by atoms with Gasteiger partial charge in [-0.15, -0.1) is 0 Å². The van der Waals surface area contributed by atoms with Gasteiger partial charge in [0.15, 0.2) is 12.0 Å². The van der Waals surface area contributed by atoms with E-state index in [2.05, 4.69) is 4.98 Å². The molecule has 0 aliphatic heterocycles. The Hall–Kier alpha value is -2.54. The maximum absolute atomic E-state index is 12.8. The Kier molecular flexibility index (Phi) is 3.96. The number of pyridine rings is 1. The molecule has 0 saturated carbocycles. The molecule has 0 aliphatic carbocycles. The van der Waals surface area contributed by atoms with Gasteiger partial charge in [-0.25, -0.2) is 9.72 Å². The van der Waals surface area contributed by atoms with Gasteiger partial charge in [0.2, 0.25) is 0 Å². The van der Waals surface area contributed by atoms with Crippen LogP contribution in [0.15, 0.2) is 42.7 Å². The first-order valence-corrected chi connectivity index (χ1v) is 7.23. The average Bonchev–Trinajstić information content (AvgIpc) is 2.84. The number of alkyl halides is 3. The van der Waals surface area contributed by atoms with Crippen LogP contribution in [-0.2, 0) is 6.18 Å². The van der Waals surface area contributed by atoms with Gasteiger partial charge in [-0.2, -0.15) is 13.2 Å². The number of hydrogen-bond donors (Lipinski definition) is 0. The molecule has 4 nitrogen and oxygen atoms in total. The van der Waals surface area contributed by atoms with Crippen LogP contribution in [0.25, 0.3) is 16.7 Å². The van der Waals surface area contributed by atoms with Crippen LogP contribution in [0.2, 0.25) is 5.02 Å². The molecule has 2 heterocycles. The van der Waals surface area contributed by atoms with Crippen LogP contribution in [-0.4, -0.2) is 27.6 Å². The summed E-state index contributed by atoms with van der Waals surface area (Å²) >= 11 is 6.02. The molecule has 2 aromatic heterocycles. The minimum Gasteiger partial charge on any atom is -0.624 e. The molecule has 0 bridgehead atoms. The minimum atomic E-state index is -4.52. The van der Waals surface area contributed by atoms with Crippen molar-refractivity contribution in [2.45, 2.75) is 6.18 Å². The van der Waals surface area contributed by atoms with Crippen LogP contribution in [0.4, 0.5) is 13.2 Å². The summed E-state index contributed by atoms with van der Waals surface area (Å²) < 4.78 is 40.5. The molecule has 0 radical (unpaired) electrons. The number of aromatic nitrogens is 2. The lowest BCUT2D eigenvalue weighted by atomic mass is 10.2. The first-order chi connectivity index (χ1) is 11.3. The fourth-order valence-corrected chi connectivity index (χ4v) is 2.70. The smallest absolute Gasteiger partial charge is 0.417 e. The molecule has 0 amide bonds. The zero-order valence-electron chi connectivity index (χ0n) is 12.4.